The number of nitrogens with zero attached hydrogens (tertiary/aromatic N) is 2. The fraction of sp³-hybridized carbons (Fsp3) is 0.300. The van der Waals surface area contributed by atoms with Gasteiger partial charge in [-0.1, -0.05) is 60.2 Å². The molecule has 1 heterocycles. The number of piperazine rings is 1. The fourth-order valence-electron chi connectivity index (χ4n) is 2.94. The Balaban J connectivity index is 1.44. The number of halogens is 1. The van der Waals surface area contributed by atoms with Gasteiger partial charge >= 0.3 is 0 Å². The van der Waals surface area contributed by atoms with E-state index < -0.39 is 0 Å². The highest BCUT2D eigenvalue weighted by molar-refractivity contribution is 6.32. The first-order chi connectivity index (χ1) is 11.7. The normalized spacial score (nSPS) is 16.7. The van der Waals surface area contributed by atoms with E-state index >= 15 is 0 Å². The van der Waals surface area contributed by atoms with Gasteiger partial charge in [-0.05, 0) is 23.3 Å². The van der Waals surface area contributed by atoms with Crippen molar-refractivity contribution in [1.82, 2.24) is 9.80 Å². The minimum absolute atomic E-state index is 0.149. The molecule has 1 fully saturated rings. The summed E-state index contributed by atoms with van der Waals surface area (Å²) in [5, 5.41) is 9.92. The van der Waals surface area contributed by atoms with Crippen LogP contribution in [0.2, 0.25) is 5.02 Å². The van der Waals surface area contributed by atoms with Crippen LogP contribution in [0, 0.1) is 0 Å². The summed E-state index contributed by atoms with van der Waals surface area (Å²) in [6, 6.07) is 15.9. The van der Waals surface area contributed by atoms with Gasteiger partial charge in [-0.3, -0.25) is 9.80 Å². The zero-order valence-corrected chi connectivity index (χ0v) is 14.5. The maximum atomic E-state index is 9.49. The number of phenolic OH excluding ortho intramolecular Hbond substituents is 1. The molecule has 0 aromatic heterocycles. The summed E-state index contributed by atoms with van der Waals surface area (Å²) in [4.78, 5) is 4.90. The minimum atomic E-state index is 0.149. The molecule has 0 radical (unpaired) electrons. The van der Waals surface area contributed by atoms with E-state index in [1.807, 2.05) is 18.2 Å². The van der Waals surface area contributed by atoms with Crippen molar-refractivity contribution < 1.29 is 5.11 Å². The summed E-state index contributed by atoms with van der Waals surface area (Å²) in [7, 11) is 0. The van der Waals surface area contributed by atoms with Crippen molar-refractivity contribution >= 4 is 17.7 Å². The summed E-state index contributed by atoms with van der Waals surface area (Å²) < 4.78 is 0. The number of hydrogen-bond donors (Lipinski definition) is 1. The maximum Gasteiger partial charge on any atom is 0.134 e. The second-order valence-electron chi connectivity index (χ2n) is 6.18. The first-order valence-corrected chi connectivity index (χ1v) is 8.72. The topological polar surface area (TPSA) is 26.7 Å². The number of phenols is 1. The molecule has 0 unspecified atom stereocenters. The molecule has 2 aromatic carbocycles. The first kappa shape index (κ1) is 17.0. The monoisotopic (exact) mass is 342 g/mol. The largest absolute Gasteiger partial charge is 0.506 e. The molecule has 0 saturated carbocycles. The van der Waals surface area contributed by atoms with Crippen molar-refractivity contribution in [2.75, 3.05) is 32.7 Å². The van der Waals surface area contributed by atoms with Gasteiger partial charge in [0.05, 0.1) is 5.02 Å². The Hall–Kier alpha value is -1.81. The molecule has 0 bridgehead atoms. The lowest BCUT2D eigenvalue weighted by Gasteiger charge is -2.34. The molecule has 0 atom stereocenters. The molecule has 3 nitrogen and oxygen atoms in total. The second-order valence-corrected chi connectivity index (χ2v) is 6.58. The highest BCUT2D eigenvalue weighted by Crippen LogP contribution is 2.24. The predicted octanol–water partition coefficient (Wildman–Crippen LogP) is 3.88. The number of benzene rings is 2. The second kappa shape index (κ2) is 8.34. The van der Waals surface area contributed by atoms with Gasteiger partial charge in [-0.2, -0.15) is 0 Å². The molecule has 0 amide bonds. The smallest absolute Gasteiger partial charge is 0.134 e. The van der Waals surface area contributed by atoms with Crippen LogP contribution < -0.4 is 0 Å². The Morgan fingerprint density at radius 3 is 2.38 bits per heavy atom. The van der Waals surface area contributed by atoms with E-state index in [9.17, 15) is 5.11 Å². The molecule has 0 aliphatic carbocycles. The summed E-state index contributed by atoms with van der Waals surface area (Å²) in [5.74, 6) is 0.149. The molecular weight excluding hydrogens is 320 g/mol. The third-order valence-electron chi connectivity index (χ3n) is 4.36. The summed E-state index contributed by atoms with van der Waals surface area (Å²) in [5.41, 5.74) is 2.40. The predicted molar refractivity (Wildman–Crippen MR) is 100 cm³/mol. The van der Waals surface area contributed by atoms with E-state index in [2.05, 4.69) is 46.2 Å². The van der Waals surface area contributed by atoms with Crippen LogP contribution in [0.1, 0.15) is 11.1 Å². The molecule has 3 rings (SSSR count). The lowest BCUT2D eigenvalue weighted by molar-refractivity contribution is 0.137. The average molecular weight is 343 g/mol. The molecule has 126 valence electrons. The van der Waals surface area contributed by atoms with Crippen LogP contribution in [0.3, 0.4) is 0 Å². The molecular formula is C20H23ClN2O. The molecule has 1 saturated heterocycles. The lowest BCUT2D eigenvalue weighted by atomic mass is 10.2. The molecule has 24 heavy (non-hydrogen) atoms. The van der Waals surface area contributed by atoms with Crippen LogP contribution in [-0.4, -0.2) is 47.6 Å². The van der Waals surface area contributed by atoms with Gasteiger partial charge in [-0.15, -0.1) is 0 Å². The average Bonchev–Trinajstić information content (AvgIpc) is 2.61. The molecule has 1 aliphatic heterocycles. The molecule has 0 spiro atoms. The third-order valence-corrected chi connectivity index (χ3v) is 4.66. The Morgan fingerprint density at radius 1 is 0.958 bits per heavy atom. The van der Waals surface area contributed by atoms with E-state index in [0.717, 1.165) is 44.8 Å². The van der Waals surface area contributed by atoms with Crippen LogP contribution in [0.25, 0.3) is 6.08 Å². The quantitative estimate of drug-likeness (QED) is 0.893. The van der Waals surface area contributed by atoms with E-state index in [0.29, 0.717) is 5.02 Å². The summed E-state index contributed by atoms with van der Waals surface area (Å²) in [6.45, 7) is 6.13. The Kier molecular flexibility index (Phi) is 5.91. The third kappa shape index (κ3) is 4.84. The van der Waals surface area contributed by atoms with Crippen molar-refractivity contribution in [2.45, 2.75) is 6.54 Å². The summed E-state index contributed by atoms with van der Waals surface area (Å²) in [6.07, 6.45) is 4.43. The number of rotatable bonds is 5. The van der Waals surface area contributed by atoms with Gasteiger partial charge in [0, 0.05) is 39.3 Å². The van der Waals surface area contributed by atoms with Gasteiger partial charge in [0.25, 0.3) is 0 Å². The fourth-order valence-corrected chi connectivity index (χ4v) is 3.14. The van der Waals surface area contributed by atoms with E-state index in [1.54, 1.807) is 6.07 Å². The maximum absolute atomic E-state index is 9.49. The van der Waals surface area contributed by atoms with Crippen LogP contribution in [0.5, 0.6) is 5.75 Å². The van der Waals surface area contributed by atoms with Crippen LogP contribution in [0.4, 0.5) is 0 Å². The van der Waals surface area contributed by atoms with Crippen molar-refractivity contribution in [3.8, 4) is 5.75 Å². The zero-order valence-electron chi connectivity index (χ0n) is 13.7. The van der Waals surface area contributed by atoms with E-state index in [-0.39, 0.29) is 5.75 Å². The highest BCUT2D eigenvalue weighted by Gasteiger charge is 2.16. The van der Waals surface area contributed by atoms with Gasteiger partial charge in [0.1, 0.15) is 5.75 Å². The van der Waals surface area contributed by atoms with Gasteiger partial charge in [-0.25, -0.2) is 0 Å². The van der Waals surface area contributed by atoms with Crippen molar-refractivity contribution in [3.63, 3.8) is 0 Å². The van der Waals surface area contributed by atoms with Crippen LogP contribution >= 0.6 is 11.6 Å². The molecule has 1 aliphatic rings. The first-order valence-electron chi connectivity index (χ1n) is 8.34. The minimum Gasteiger partial charge on any atom is -0.506 e. The van der Waals surface area contributed by atoms with Crippen molar-refractivity contribution in [3.05, 3.63) is 70.8 Å². The SMILES string of the molecule is Oc1ccc(CN2CCN(C/C=C/c3ccccc3)CC2)cc1Cl. The van der Waals surface area contributed by atoms with Crippen molar-refractivity contribution in [2.24, 2.45) is 0 Å². The Bertz CT molecular complexity index is 679. The number of hydrogen-bond acceptors (Lipinski definition) is 3. The summed E-state index contributed by atoms with van der Waals surface area (Å²) >= 11 is 5.98. The molecule has 4 heteroatoms. The van der Waals surface area contributed by atoms with E-state index in [4.69, 9.17) is 11.6 Å². The van der Waals surface area contributed by atoms with Gasteiger partial charge < -0.3 is 5.11 Å². The van der Waals surface area contributed by atoms with Gasteiger partial charge in [0.15, 0.2) is 0 Å². The van der Waals surface area contributed by atoms with Gasteiger partial charge in [0.2, 0.25) is 0 Å². The Labute approximate surface area is 148 Å². The van der Waals surface area contributed by atoms with Crippen LogP contribution in [-0.2, 0) is 6.54 Å². The number of aromatic hydroxyl groups is 1. The molecule has 1 N–H and O–H groups in total. The lowest BCUT2D eigenvalue weighted by Crippen LogP contribution is -2.45. The van der Waals surface area contributed by atoms with Crippen molar-refractivity contribution in [1.29, 1.82) is 0 Å². The highest BCUT2D eigenvalue weighted by atomic mass is 35.5. The zero-order chi connectivity index (χ0) is 16.8. The molecule has 2 aromatic rings. The Morgan fingerprint density at radius 2 is 1.67 bits per heavy atom. The van der Waals surface area contributed by atoms with E-state index in [1.165, 1.54) is 5.56 Å². The van der Waals surface area contributed by atoms with Crippen LogP contribution in [0.15, 0.2) is 54.6 Å². The standard InChI is InChI=1S/C20H23ClN2O/c21-19-15-18(8-9-20(19)24)16-23-13-11-22(12-14-23)10-4-7-17-5-2-1-3-6-17/h1-9,15,24H,10-14,16H2/b7-4+.